The third-order valence-corrected chi connectivity index (χ3v) is 5.57. The molecule has 4 aromatic rings. The SMILES string of the molecule is CN1Cc2c(c(O)c3ncc(Cc4ccc(F)cc4)cc3c2Cn2ccnc2)C1=O. The maximum Gasteiger partial charge on any atom is 0.258 e. The first-order chi connectivity index (χ1) is 14.5. The number of aromatic hydroxyl groups is 1. The van der Waals surface area contributed by atoms with Crippen LogP contribution in [0.25, 0.3) is 10.9 Å². The molecule has 0 fully saturated rings. The molecule has 5 rings (SSSR count). The monoisotopic (exact) mass is 402 g/mol. The standard InChI is InChI=1S/C23H19FN4O2/c1-27-11-19-18(12-28-7-6-25-13-28)17-9-15(8-14-2-4-16(24)5-3-14)10-26-21(17)22(29)20(19)23(27)30/h2-7,9-10,13,29H,8,11-12H2,1H3. The van der Waals surface area contributed by atoms with E-state index in [0.29, 0.717) is 30.6 Å². The molecule has 0 saturated carbocycles. The van der Waals surface area contributed by atoms with Gasteiger partial charge in [-0.1, -0.05) is 12.1 Å². The Labute approximate surface area is 172 Å². The molecule has 30 heavy (non-hydrogen) atoms. The molecule has 0 radical (unpaired) electrons. The minimum absolute atomic E-state index is 0.0722. The van der Waals surface area contributed by atoms with Crippen molar-refractivity contribution in [3.63, 3.8) is 0 Å². The second kappa shape index (κ2) is 6.95. The Morgan fingerprint density at radius 2 is 2.00 bits per heavy atom. The third-order valence-electron chi connectivity index (χ3n) is 5.57. The summed E-state index contributed by atoms with van der Waals surface area (Å²) in [4.78, 5) is 22.8. The highest BCUT2D eigenvalue weighted by Crippen LogP contribution is 2.39. The van der Waals surface area contributed by atoms with Crippen LogP contribution in [0, 0.1) is 5.82 Å². The van der Waals surface area contributed by atoms with Crippen molar-refractivity contribution in [2.24, 2.45) is 0 Å². The molecule has 150 valence electrons. The highest BCUT2D eigenvalue weighted by Gasteiger charge is 2.33. The fraction of sp³-hybridized carbons (Fsp3) is 0.174. The van der Waals surface area contributed by atoms with Crippen molar-refractivity contribution in [3.05, 3.63) is 88.9 Å². The Morgan fingerprint density at radius 3 is 2.73 bits per heavy atom. The summed E-state index contributed by atoms with van der Waals surface area (Å²) in [7, 11) is 1.72. The average Bonchev–Trinajstić information content (AvgIpc) is 3.35. The number of rotatable bonds is 4. The molecule has 7 heteroatoms. The van der Waals surface area contributed by atoms with Crippen LogP contribution < -0.4 is 0 Å². The van der Waals surface area contributed by atoms with Gasteiger partial charge in [0.05, 0.1) is 11.9 Å². The predicted octanol–water partition coefficient (Wildman–Crippen LogP) is 3.50. The predicted molar refractivity (Wildman–Crippen MR) is 110 cm³/mol. The second-order valence-corrected chi connectivity index (χ2v) is 7.62. The van der Waals surface area contributed by atoms with Gasteiger partial charge in [0.2, 0.25) is 0 Å². The number of nitrogens with zero attached hydrogens (tertiary/aromatic N) is 4. The molecule has 0 unspecified atom stereocenters. The first-order valence-corrected chi connectivity index (χ1v) is 9.62. The van der Waals surface area contributed by atoms with Crippen LogP contribution in [0.1, 0.15) is 32.6 Å². The first kappa shape index (κ1) is 18.3. The Hall–Kier alpha value is -3.74. The number of phenols is 1. The van der Waals surface area contributed by atoms with Gasteiger partial charge in [-0.05, 0) is 46.9 Å². The first-order valence-electron chi connectivity index (χ1n) is 9.62. The topological polar surface area (TPSA) is 71.2 Å². The van der Waals surface area contributed by atoms with Crippen molar-refractivity contribution in [1.82, 2.24) is 19.4 Å². The van der Waals surface area contributed by atoms with E-state index in [0.717, 1.165) is 27.6 Å². The minimum atomic E-state index is -0.271. The Kier molecular flexibility index (Phi) is 4.24. The summed E-state index contributed by atoms with van der Waals surface area (Å²) in [6.45, 7) is 0.950. The molecule has 0 bridgehead atoms. The van der Waals surface area contributed by atoms with Gasteiger partial charge < -0.3 is 14.6 Å². The van der Waals surface area contributed by atoms with E-state index in [9.17, 15) is 14.3 Å². The van der Waals surface area contributed by atoms with Gasteiger partial charge in [0, 0.05) is 44.1 Å². The van der Waals surface area contributed by atoms with Crippen molar-refractivity contribution >= 4 is 16.8 Å². The second-order valence-electron chi connectivity index (χ2n) is 7.62. The van der Waals surface area contributed by atoms with Gasteiger partial charge in [0.1, 0.15) is 11.3 Å². The van der Waals surface area contributed by atoms with E-state index >= 15 is 0 Å². The summed E-state index contributed by atoms with van der Waals surface area (Å²) in [5.74, 6) is -0.544. The van der Waals surface area contributed by atoms with E-state index in [1.54, 1.807) is 42.8 Å². The number of imidazole rings is 1. The lowest BCUT2D eigenvalue weighted by Crippen LogP contribution is -2.17. The molecule has 0 spiro atoms. The van der Waals surface area contributed by atoms with E-state index < -0.39 is 0 Å². The highest BCUT2D eigenvalue weighted by molar-refractivity contribution is 6.07. The zero-order valence-electron chi connectivity index (χ0n) is 16.3. The van der Waals surface area contributed by atoms with Crippen molar-refractivity contribution in [3.8, 4) is 5.75 Å². The normalized spacial score (nSPS) is 13.3. The van der Waals surface area contributed by atoms with Crippen LogP contribution in [0.2, 0.25) is 0 Å². The van der Waals surface area contributed by atoms with Crippen molar-refractivity contribution in [1.29, 1.82) is 0 Å². The summed E-state index contributed by atoms with van der Waals surface area (Å²) in [6.07, 6.45) is 7.58. The van der Waals surface area contributed by atoms with Gasteiger partial charge in [-0.25, -0.2) is 9.37 Å². The summed E-state index contributed by atoms with van der Waals surface area (Å²) in [6, 6.07) is 8.38. The minimum Gasteiger partial charge on any atom is -0.505 e. The van der Waals surface area contributed by atoms with Crippen molar-refractivity contribution < 1.29 is 14.3 Å². The van der Waals surface area contributed by atoms with Crippen LogP contribution in [0.3, 0.4) is 0 Å². The quantitative estimate of drug-likeness (QED) is 0.567. The number of carbonyl (C=O) groups is 1. The molecule has 1 amide bonds. The maximum absolute atomic E-state index is 13.2. The van der Waals surface area contributed by atoms with Crippen LogP contribution >= 0.6 is 0 Å². The van der Waals surface area contributed by atoms with Gasteiger partial charge in [-0.3, -0.25) is 9.78 Å². The molecule has 1 N–H and O–H groups in total. The van der Waals surface area contributed by atoms with Gasteiger partial charge in [0.25, 0.3) is 5.91 Å². The molecule has 1 aliphatic rings. The molecule has 1 aliphatic heterocycles. The summed E-state index contributed by atoms with van der Waals surface area (Å²) in [5.41, 5.74) is 4.42. The number of halogens is 1. The van der Waals surface area contributed by atoms with Gasteiger partial charge >= 0.3 is 0 Å². The molecule has 3 heterocycles. The average molecular weight is 402 g/mol. The number of hydrogen-bond donors (Lipinski definition) is 1. The number of fused-ring (bicyclic) bond motifs is 2. The molecule has 0 aliphatic carbocycles. The number of amides is 1. The molecular weight excluding hydrogens is 383 g/mol. The smallest absolute Gasteiger partial charge is 0.258 e. The van der Waals surface area contributed by atoms with Crippen LogP contribution in [0.4, 0.5) is 4.39 Å². The number of hydrogen-bond acceptors (Lipinski definition) is 4. The van der Waals surface area contributed by atoms with Gasteiger partial charge in [-0.15, -0.1) is 0 Å². The van der Waals surface area contributed by atoms with Gasteiger partial charge in [-0.2, -0.15) is 0 Å². The zero-order chi connectivity index (χ0) is 20.8. The number of aromatic nitrogens is 3. The number of pyridine rings is 1. The Morgan fingerprint density at radius 1 is 1.20 bits per heavy atom. The molecule has 0 saturated heterocycles. The van der Waals surface area contributed by atoms with E-state index in [2.05, 4.69) is 9.97 Å². The van der Waals surface area contributed by atoms with E-state index in [1.165, 1.54) is 12.1 Å². The molecule has 0 atom stereocenters. The van der Waals surface area contributed by atoms with Crippen LogP contribution in [0.15, 0.2) is 55.2 Å². The van der Waals surface area contributed by atoms with E-state index in [1.807, 2.05) is 16.8 Å². The summed E-state index contributed by atoms with van der Waals surface area (Å²) >= 11 is 0. The highest BCUT2D eigenvalue weighted by atomic mass is 19.1. The molecule has 6 nitrogen and oxygen atoms in total. The number of carbonyl (C=O) groups excluding carboxylic acids is 1. The van der Waals surface area contributed by atoms with Crippen molar-refractivity contribution in [2.45, 2.75) is 19.5 Å². The van der Waals surface area contributed by atoms with Crippen molar-refractivity contribution in [2.75, 3.05) is 7.05 Å². The zero-order valence-corrected chi connectivity index (χ0v) is 16.3. The Balaban J connectivity index is 1.68. The molecular formula is C23H19FN4O2. The maximum atomic E-state index is 13.2. The lowest BCUT2D eigenvalue weighted by Gasteiger charge is -2.15. The lowest BCUT2D eigenvalue weighted by atomic mass is 9.94. The number of benzene rings is 2. The largest absolute Gasteiger partial charge is 0.505 e. The Bertz CT molecular complexity index is 1270. The molecule has 2 aromatic carbocycles. The summed E-state index contributed by atoms with van der Waals surface area (Å²) in [5, 5.41) is 11.7. The van der Waals surface area contributed by atoms with E-state index in [-0.39, 0.29) is 17.5 Å². The molecule has 2 aromatic heterocycles. The number of phenolic OH excluding ortho intramolecular Hbond substituents is 1. The van der Waals surface area contributed by atoms with E-state index in [4.69, 9.17) is 0 Å². The fourth-order valence-electron chi connectivity index (χ4n) is 4.08. The van der Waals surface area contributed by atoms with Crippen LogP contribution in [0.5, 0.6) is 5.75 Å². The summed E-state index contributed by atoms with van der Waals surface area (Å²) < 4.78 is 15.2. The lowest BCUT2D eigenvalue weighted by molar-refractivity contribution is 0.0814. The fourth-order valence-corrected chi connectivity index (χ4v) is 4.08. The van der Waals surface area contributed by atoms with Crippen LogP contribution in [-0.4, -0.2) is 37.5 Å². The van der Waals surface area contributed by atoms with Gasteiger partial charge in [0.15, 0.2) is 5.75 Å². The van der Waals surface area contributed by atoms with Crippen LogP contribution in [-0.2, 0) is 19.5 Å². The third kappa shape index (κ3) is 2.99.